The number of hydrogen-bond acceptors (Lipinski definition) is 0. The van der Waals surface area contributed by atoms with Crippen LogP contribution < -0.4 is 4.46 Å². The van der Waals surface area contributed by atoms with Crippen molar-refractivity contribution in [1.82, 2.24) is 4.98 Å². The average Bonchev–Trinajstić information content (AvgIpc) is 2.41. The molecular formula is C9H5BrF3NSe. The number of hydrogen-bond donors (Lipinski definition) is 1. The molecule has 0 saturated heterocycles. The molecule has 1 heterocycles. The number of H-pyrrole nitrogens is 1. The molecule has 2 rings (SSSR count). The van der Waals surface area contributed by atoms with Crippen LogP contribution in [0, 0.1) is 0 Å². The molecular weight excluding hydrogens is 338 g/mol. The molecule has 0 aliphatic rings. The van der Waals surface area contributed by atoms with E-state index in [4.69, 9.17) is 0 Å². The minimum atomic E-state index is -4.12. The standard InChI is InChI=1S/C9H5BrF3NSe/c10-8-7(15-9(11,12)13)5-3-1-2-4-6(5)14-8/h1-4,14H. The zero-order chi connectivity index (χ0) is 11.1. The third-order valence-electron chi connectivity index (χ3n) is 1.83. The topological polar surface area (TPSA) is 15.8 Å². The van der Waals surface area contributed by atoms with Crippen molar-refractivity contribution in [3.63, 3.8) is 0 Å². The maximum atomic E-state index is 12.3. The van der Waals surface area contributed by atoms with E-state index in [1.807, 2.05) is 0 Å². The van der Waals surface area contributed by atoms with Crippen molar-refractivity contribution >= 4 is 46.3 Å². The van der Waals surface area contributed by atoms with E-state index in [1.54, 1.807) is 24.3 Å². The van der Waals surface area contributed by atoms with E-state index in [0.29, 0.717) is 14.5 Å². The summed E-state index contributed by atoms with van der Waals surface area (Å²) in [5, 5.41) is -3.48. The van der Waals surface area contributed by atoms with E-state index in [9.17, 15) is 13.2 Å². The second-order valence-electron chi connectivity index (χ2n) is 2.86. The molecule has 0 aliphatic carbocycles. The van der Waals surface area contributed by atoms with E-state index in [2.05, 4.69) is 20.9 Å². The fraction of sp³-hybridized carbons (Fsp3) is 0.111. The zero-order valence-corrected chi connectivity index (χ0v) is 10.5. The molecule has 0 bridgehead atoms. The Labute approximate surface area is 98.3 Å². The van der Waals surface area contributed by atoms with Crippen molar-refractivity contribution in [2.24, 2.45) is 0 Å². The predicted octanol–water partition coefficient (Wildman–Crippen LogP) is 2.78. The summed E-state index contributed by atoms with van der Waals surface area (Å²) in [5.41, 5.74) is 0.727. The van der Waals surface area contributed by atoms with Crippen LogP contribution in [0.25, 0.3) is 10.9 Å². The maximum absolute atomic E-state index is 12.3. The van der Waals surface area contributed by atoms with Crippen molar-refractivity contribution in [2.45, 2.75) is 5.07 Å². The van der Waals surface area contributed by atoms with E-state index >= 15 is 0 Å². The van der Waals surface area contributed by atoms with Gasteiger partial charge in [0.05, 0.1) is 0 Å². The molecule has 0 spiro atoms. The van der Waals surface area contributed by atoms with Crippen LogP contribution >= 0.6 is 15.9 Å². The molecule has 0 amide bonds. The number of halogens is 4. The Morgan fingerprint density at radius 3 is 2.53 bits per heavy atom. The Bertz CT molecular complexity index is 492. The van der Waals surface area contributed by atoms with Crippen LogP contribution in [-0.2, 0) is 0 Å². The molecule has 0 radical (unpaired) electrons. The third kappa shape index (κ3) is 2.38. The van der Waals surface area contributed by atoms with Crippen LogP contribution in [0.15, 0.2) is 28.9 Å². The summed E-state index contributed by atoms with van der Waals surface area (Å²) in [6.45, 7) is 0. The number of fused-ring (bicyclic) bond motifs is 1. The van der Waals surface area contributed by atoms with Gasteiger partial charge in [0, 0.05) is 0 Å². The van der Waals surface area contributed by atoms with Gasteiger partial charge in [-0.1, -0.05) is 0 Å². The van der Waals surface area contributed by atoms with E-state index in [-0.39, 0.29) is 0 Å². The number of para-hydroxylation sites is 1. The first-order valence-corrected chi connectivity index (χ1v) is 6.50. The summed E-state index contributed by atoms with van der Waals surface area (Å²) in [6, 6.07) is 6.98. The Morgan fingerprint density at radius 1 is 1.20 bits per heavy atom. The van der Waals surface area contributed by atoms with E-state index in [0.717, 1.165) is 5.52 Å². The minimum absolute atomic E-state index is 0.325. The normalized spacial score (nSPS) is 12.3. The quantitative estimate of drug-likeness (QED) is 0.767. The Morgan fingerprint density at radius 2 is 1.87 bits per heavy atom. The van der Waals surface area contributed by atoms with Crippen molar-refractivity contribution in [1.29, 1.82) is 0 Å². The molecule has 2 aromatic rings. The van der Waals surface area contributed by atoms with Gasteiger partial charge in [-0.15, -0.1) is 0 Å². The second kappa shape index (κ2) is 3.85. The third-order valence-corrected chi connectivity index (χ3v) is 4.82. The van der Waals surface area contributed by atoms with Gasteiger partial charge >= 0.3 is 98.4 Å². The van der Waals surface area contributed by atoms with Crippen LogP contribution in [-0.4, -0.2) is 25.0 Å². The van der Waals surface area contributed by atoms with Crippen molar-refractivity contribution < 1.29 is 13.2 Å². The van der Waals surface area contributed by atoms with Crippen molar-refractivity contribution in [3.05, 3.63) is 28.9 Å². The van der Waals surface area contributed by atoms with Gasteiger partial charge < -0.3 is 0 Å². The Balaban J connectivity index is 2.54. The van der Waals surface area contributed by atoms with Crippen LogP contribution in [0.2, 0.25) is 0 Å². The van der Waals surface area contributed by atoms with E-state index in [1.165, 1.54) is 0 Å². The molecule has 1 N–H and O–H groups in total. The molecule has 0 saturated carbocycles. The number of nitrogens with one attached hydrogen (secondary N) is 1. The van der Waals surface area contributed by atoms with Crippen LogP contribution in [0.4, 0.5) is 13.2 Å². The predicted molar refractivity (Wildman–Crippen MR) is 57.4 cm³/mol. The van der Waals surface area contributed by atoms with Crippen molar-refractivity contribution in [2.75, 3.05) is 0 Å². The number of rotatable bonds is 1. The molecule has 0 atom stereocenters. The summed E-state index contributed by atoms with van der Waals surface area (Å²) in [5.74, 6) is 0. The average molecular weight is 343 g/mol. The van der Waals surface area contributed by atoms with Crippen LogP contribution in [0.3, 0.4) is 0 Å². The number of aromatic nitrogens is 1. The van der Waals surface area contributed by atoms with Gasteiger partial charge in [0.1, 0.15) is 0 Å². The molecule has 1 aromatic heterocycles. The second-order valence-corrected chi connectivity index (χ2v) is 5.91. The van der Waals surface area contributed by atoms with Gasteiger partial charge in [-0.25, -0.2) is 0 Å². The monoisotopic (exact) mass is 343 g/mol. The van der Waals surface area contributed by atoms with Crippen LogP contribution in [0.5, 0.6) is 0 Å². The summed E-state index contributed by atoms with van der Waals surface area (Å²) in [7, 11) is 0. The molecule has 6 heteroatoms. The number of benzene rings is 1. The molecule has 0 unspecified atom stereocenters. The van der Waals surface area contributed by atoms with Crippen LogP contribution in [0.1, 0.15) is 0 Å². The SMILES string of the molecule is FC(F)(F)[Se]c1c(Br)[nH]c2ccccc12. The zero-order valence-electron chi connectivity index (χ0n) is 7.23. The number of alkyl halides is 3. The fourth-order valence-corrected chi connectivity index (χ4v) is 3.53. The molecule has 15 heavy (non-hydrogen) atoms. The van der Waals surface area contributed by atoms with Gasteiger partial charge in [0.15, 0.2) is 0 Å². The first-order valence-electron chi connectivity index (χ1n) is 3.99. The van der Waals surface area contributed by atoms with Gasteiger partial charge in [-0.3, -0.25) is 0 Å². The molecule has 0 aliphatic heterocycles. The summed E-state index contributed by atoms with van der Waals surface area (Å²) < 4.78 is 37.7. The molecule has 1 aromatic carbocycles. The molecule has 80 valence electrons. The summed E-state index contributed by atoms with van der Waals surface area (Å²) in [4.78, 5) is 2.88. The summed E-state index contributed by atoms with van der Waals surface area (Å²) >= 11 is 1.60. The first kappa shape index (κ1) is 11.0. The van der Waals surface area contributed by atoms with Gasteiger partial charge in [0.25, 0.3) is 0 Å². The number of aromatic amines is 1. The van der Waals surface area contributed by atoms with Crippen molar-refractivity contribution in [3.8, 4) is 0 Å². The van der Waals surface area contributed by atoms with Gasteiger partial charge in [0.2, 0.25) is 0 Å². The Hall–Kier alpha value is -0.451. The summed E-state index contributed by atoms with van der Waals surface area (Å²) in [6.07, 6.45) is 0. The first-order chi connectivity index (χ1) is 6.97. The molecule has 0 fully saturated rings. The van der Waals surface area contributed by atoms with Gasteiger partial charge in [-0.05, 0) is 0 Å². The van der Waals surface area contributed by atoms with Gasteiger partial charge in [-0.2, -0.15) is 0 Å². The Kier molecular flexibility index (Phi) is 2.83. The van der Waals surface area contributed by atoms with E-state index < -0.39 is 20.0 Å². The fourth-order valence-electron chi connectivity index (χ4n) is 1.30. The molecule has 1 nitrogen and oxygen atoms in total.